The minimum absolute atomic E-state index is 0.221. The Bertz CT molecular complexity index is 1010. The van der Waals surface area contributed by atoms with Crippen molar-refractivity contribution in [2.45, 2.75) is 6.92 Å². The van der Waals surface area contributed by atoms with E-state index in [9.17, 15) is 4.79 Å². The molecule has 0 saturated carbocycles. The Morgan fingerprint density at radius 3 is 2.55 bits per heavy atom. The van der Waals surface area contributed by atoms with Crippen LogP contribution in [0.4, 0.5) is 17.2 Å². The molecule has 0 fully saturated rings. The Morgan fingerprint density at radius 1 is 1.00 bits per heavy atom. The van der Waals surface area contributed by atoms with E-state index >= 15 is 0 Å². The van der Waals surface area contributed by atoms with Crippen LogP contribution in [-0.4, -0.2) is 30.7 Å². The molecule has 0 atom stereocenters. The second-order valence-corrected chi connectivity index (χ2v) is 6.32. The molecule has 4 rings (SSSR count). The van der Waals surface area contributed by atoms with Gasteiger partial charge in [0.25, 0.3) is 5.91 Å². The molecule has 1 aliphatic rings. The highest BCUT2D eigenvalue weighted by Crippen LogP contribution is 2.33. The number of amides is 1. The summed E-state index contributed by atoms with van der Waals surface area (Å²) in [4.78, 5) is 16.9. The molecule has 3 aromatic rings. The average molecular weight is 391 g/mol. The second kappa shape index (κ2) is 8.52. The summed E-state index contributed by atoms with van der Waals surface area (Å²) in [6.45, 7) is 3.60. The average Bonchev–Trinajstić information content (AvgIpc) is 2.75. The number of carbonyl (C=O) groups is 1. The number of nitrogens with one attached hydrogen (secondary N) is 2. The fourth-order valence-electron chi connectivity index (χ4n) is 2.91. The molecule has 29 heavy (non-hydrogen) atoms. The lowest BCUT2D eigenvalue weighted by molar-refractivity contribution is 0.102. The van der Waals surface area contributed by atoms with Gasteiger partial charge in [0.15, 0.2) is 11.5 Å². The van der Waals surface area contributed by atoms with Crippen molar-refractivity contribution in [3.63, 3.8) is 0 Å². The highest BCUT2D eigenvalue weighted by Gasteiger charge is 2.13. The van der Waals surface area contributed by atoms with E-state index in [4.69, 9.17) is 14.2 Å². The summed E-state index contributed by atoms with van der Waals surface area (Å²) in [7, 11) is 0. The first kappa shape index (κ1) is 18.6. The van der Waals surface area contributed by atoms with Crippen LogP contribution in [0.5, 0.6) is 17.2 Å². The molecule has 0 bridgehead atoms. The number of pyridine rings is 1. The molecule has 1 aromatic heterocycles. The van der Waals surface area contributed by atoms with Gasteiger partial charge in [0.1, 0.15) is 24.8 Å². The molecule has 0 unspecified atom stereocenters. The number of fused-ring (bicyclic) bond motifs is 1. The molecule has 7 heteroatoms. The number of hydrogen-bond acceptors (Lipinski definition) is 6. The monoisotopic (exact) mass is 391 g/mol. The van der Waals surface area contributed by atoms with Crippen molar-refractivity contribution in [1.82, 2.24) is 4.98 Å². The van der Waals surface area contributed by atoms with Crippen LogP contribution in [-0.2, 0) is 0 Å². The zero-order valence-corrected chi connectivity index (χ0v) is 16.0. The minimum atomic E-state index is -0.221. The zero-order valence-electron chi connectivity index (χ0n) is 16.0. The summed E-state index contributed by atoms with van der Waals surface area (Å²) >= 11 is 0. The van der Waals surface area contributed by atoms with E-state index < -0.39 is 0 Å². The molecule has 2 aromatic carbocycles. The number of aromatic nitrogens is 1. The first-order chi connectivity index (χ1) is 14.2. The zero-order chi connectivity index (χ0) is 20.1. The van der Waals surface area contributed by atoms with Gasteiger partial charge in [-0.05, 0) is 55.5 Å². The lowest BCUT2D eigenvalue weighted by Gasteiger charge is -2.19. The first-order valence-electron chi connectivity index (χ1n) is 9.38. The van der Waals surface area contributed by atoms with E-state index in [-0.39, 0.29) is 5.91 Å². The summed E-state index contributed by atoms with van der Waals surface area (Å²) in [6, 6.07) is 16.2. The summed E-state index contributed by atoms with van der Waals surface area (Å²) in [5, 5.41) is 6.06. The van der Waals surface area contributed by atoms with Gasteiger partial charge in [-0.15, -0.1) is 0 Å². The summed E-state index contributed by atoms with van der Waals surface area (Å²) in [5.41, 5.74) is 1.98. The van der Waals surface area contributed by atoms with Crippen molar-refractivity contribution in [1.29, 1.82) is 0 Å². The van der Waals surface area contributed by atoms with E-state index in [1.165, 1.54) is 0 Å². The fraction of sp³-hybridized carbons (Fsp3) is 0.182. The number of benzene rings is 2. The number of nitrogens with zero attached hydrogens (tertiary/aromatic N) is 1. The number of hydrogen-bond donors (Lipinski definition) is 2. The van der Waals surface area contributed by atoms with Gasteiger partial charge in [0, 0.05) is 29.2 Å². The smallest absolute Gasteiger partial charge is 0.255 e. The van der Waals surface area contributed by atoms with Crippen molar-refractivity contribution in [3.8, 4) is 17.2 Å². The Morgan fingerprint density at radius 2 is 1.76 bits per heavy atom. The van der Waals surface area contributed by atoms with Gasteiger partial charge >= 0.3 is 0 Å². The van der Waals surface area contributed by atoms with Gasteiger partial charge < -0.3 is 24.8 Å². The fourth-order valence-corrected chi connectivity index (χ4v) is 2.91. The molecule has 0 aliphatic carbocycles. The third-order valence-corrected chi connectivity index (χ3v) is 4.26. The lowest BCUT2D eigenvalue weighted by Crippen LogP contribution is -2.15. The topological polar surface area (TPSA) is 81.7 Å². The van der Waals surface area contributed by atoms with E-state index in [0.29, 0.717) is 42.6 Å². The highest BCUT2D eigenvalue weighted by atomic mass is 16.6. The molecule has 0 saturated heterocycles. The van der Waals surface area contributed by atoms with Gasteiger partial charge in [0.2, 0.25) is 0 Å². The number of anilines is 3. The van der Waals surface area contributed by atoms with Gasteiger partial charge in [-0.1, -0.05) is 0 Å². The van der Waals surface area contributed by atoms with Crippen LogP contribution in [0.1, 0.15) is 17.3 Å². The number of carbonyl (C=O) groups excluding carboxylic acids is 1. The molecule has 1 amide bonds. The van der Waals surface area contributed by atoms with Gasteiger partial charge in [-0.2, -0.15) is 0 Å². The second-order valence-electron chi connectivity index (χ2n) is 6.32. The Balaban J connectivity index is 1.44. The minimum Gasteiger partial charge on any atom is -0.494 e. The largest absolute Gasteiger partial charge is 0.494 e. The maximum Gasteiger partial charge on any atom is 0.255 e. The predicted octanol–water partition coefficient (Wildman–Crippen LogP) is 4.25. The molecule has 1 aliphatic heterocycles. The van der Waals surface area contributed by atoms with Crippen LogP contribution in [0.25, 0.3) is 0 Å². The van der Waals surface area contributed by atoms with E-state index in [0.717, 1.165) is 17.2 Å². The van der Waals surface area contributed by atoms with Crippen molar-refractivity contribution in [2.24, 2.45) is 0 Å². The van der Waals surface area contributed by atoms with Gasteiger partial charge in [-0.25, -0.2) is 4.98 Å². The van der Waals surface area contributed by atoms with Crippen LogP contribution in [0.15, 0.2) is 60.8 Å². The molecule has 148 valence electrons. The first-order valence-corrected chi connectivity index (χ1v) is 9.38. The standard InChI is InChI=1S/C22H21N3O4/c1-2-27-18-6-3-16(4-7-18)25-22(26)15-9-10-23-21(13-15)24-17-5-8-19-20(14-17)29-12-11-28-19/h3-10,13-14H,2,11-12H2,1H3,(H,23,24)(H,25,26). The number of rotatable bonds is 6. The van der Waals surface area contributed by atoms with Crippen LogP contribution in [0, 0.1) is 0 Å². The van der Waals surface area contributed by atoms with Crippen molar-refractivity contribution < 1.29 is 19.0 Å². The molecule has 2 N–H and O–H groups in total. The third-order valence-electron chi connectivity index (χ3n) is 4.26. The molecule has 0 radical (unpaired) electrons. The van der Waals surface area contributed by atoms with Crippen molar-refractivity contribution >= 4 is 23.1 Å². The molecule has 7 nitrogen and oxygen atoms in total. The Hall–Kier alpha value is -3.74. The van der Waals surface area contributed by atoms with E-state index in [1.807, 2.05) is 37.3 Å². The highest BCUT2D eigenvalue weighted by molar-refractivity contribution is 6.04. The summed E-state index contributed by atoms with van der Waals surface area (Å²) in [6.07, 6.45) is 1.59. The molecular weight excluding hydrogens is 370 g/mol. The van der Waals surface area contributed by atoms with Crippen LogP contribution < -0.4 is 24.8 Å². The van der Waals surface area contributed by atoms with Crippen LogP contribution >= 0.6 is 0 Å². The molecular formula is C22H21N3O4. The van der Waals surface area contributed by atoms with Gasteiger partial charge in [-0.3, -0.25) is 4.79 Å². The van der Waals surface area contributed by atoms with Crippen LogP contribution in [0.2, 0.25) is 0 Å². The lowest BCUT2D eigenvalue weighted by atomic mass is 10.2. The normalized spacial score (nSPS) is 12.2. The predicted molar refractivity (Wildman–Crippen MR) is 111 cm³/mol. The SMILES string of the molecule is CCOc1ccc(NC(=O)c2ccnc(Nc3ccc4c(c3)OCCO4)c2)cc1. The summed E-state index contributed by atoms with van der Waals surface area (Å²) in [5.74, 6) is 2.51. The maximum absolute atomic E-state index is 12.6. The van der Waals surface area contributed by atoms with Crippen molar-refractivity contribution in [3.05, 3.63) is 66.4 Å². The van der Waals surface area contributed by atoms with E-state index in [2.05, 4.69) is 15.6 Å². The Labute approximate surface area is 168 Å². The van der Waals surface area contributed by atoms with Gasteiger partial charge in [0.05, 0.1) is 6.61 Å². The van der Waals surface area contributed by atoms with Crippen molar-refractivity contribution in [2.75, 3.05) is 30.5 Å². The van der Waals surface area contributed by atoms with Crippen LogP contribution in [0.3, 0.4) is 0 Å². The molecule has 2 heterocycles. The third kappa shape index (κ3) is 4.57. The Kier molecular flexibility index (Phi) is 5.47. The number of ether oxygens (including phenoxy) is 3. The summed E-state index contributed by atoms with van der Waals surface area (Å²) < 4.78 is 16.5. The van der Waals surface area contributed by atoms with E-state index in [1.54, 1.807) is 30.5 Å². The molecule has 0 spiro atoms. The maximum atomic E-state index is 12.6. The quantitative estimate of drug-likeness (QED) is 0.654.